The highest BCUT2D eigenvalue weighted by atomic mass is 32.2. The maximum Gasteiger partial charge on any atom is 0.170 e. The topological polar surface area (TPSA) is 58.6 Å². The third kappa shape index (κ3) is 3.77. The maximum atomic E-state index is 8.52. The van der Waals surface area contributed by atoms with Crippen LogP contribution in [0.15, 0.2) is 34.3 Å². The van der Waals surface area contributed by atoms with E-state index in [4.69, 9.17) is 10.9 Å². The summed E-state index contributed by atoms with van der Waals surface area (Å²) in [6.45, 7) is 4.45. The minimum Gasteiger partial charge on any atom is -0.409 e. The van der Waals surface area contributed by atoms with E-state index in [0.29, 0.717) is 0 Å². The van der Waals surface area contributed by atoms with E-state index in [0.717, 1.165) is 17.2 Å². The predicted molar refractivity (Wildman–Crippen MR) is 69.1 cm³/mol. The van der Waals surface area contributed by atoms with Gasteiger partial charge in [0.1, 0.15) is 0 Å². The molecule has 1 rings (SSSR count). The summed E-state index contributed by atoms with van der Waals surface area (Å²) in [5.74, 6) is 2.01. The Balaban J connectivity index is 2.58. The summed E-state index contributed by atoms with van der Waals surface area (Å²) in [5.41, 5.74) is 6.23. The van der Waals surface area contributed by atoms with Crippen LogP contribution in [0, 0.1) is 5.92 Å². The lowest BCUT2D eigenvalue weighted by molar-refractivity contribution is 0.318. The first-order chi connectivity index (χ1) is 7.67. The summed E-state index contributed by atoms with van der Waals surface area (Å²) in [5, 5.41) is 11.5. The van der Waals surface area contributed by atoms with E-state index in [9.17, 15) is 0 Å². The molecule has 1 atom stereocenters. The molecule has 88 valence electrons. The molecule has 0 saturated heterocycles. The fourth-order valence-corrected chi connectivity index (χ4v) is 2.18. The highest BCUT2D eigenvalue weighted by Gasteiger charge is 2.02. The van der Waals surface area contributed by atoms with Gasteiger partial charge in [0.15, 0.2) is 5.84 Å². The van der Waals surface area contributed by atoms with Crippen LogP contribution in [0.25, 0.3) is 0 Å². The number of rotatable bonds is 5. The molecule has 1 unspecified atom stereocenters. The average molecular weight is 238 g/mol. The Morgan fingerprint density at radius 3 is 2.56 bits per heavy atom. The van der Waals surface area contributed by atoms with E-state index >= 15 is 0 Å². The van der Waals surface area contributed by atoms with Gasteiger partial charge in [-0.25, -0.2) is 0 Å². The highest BCUT2D eigenvalue weighted by molar-refractivity contribution is 7.99. The van der Waals surface area contributed by atoms with Gasteiger partial charge in [0.25, 0.3) is 0 Å². The van der Waals surface area contributed by atoms with E-state index in [1.165, 1.54) is 11.3 Å². The fourth-order valence-electron chi connectivity index (χ4n) is 1.14. The number of nitrogens with two attached hydrogens (primary N) is 1. The molecule has 3 N–H and O–H groups in total. The normalized spacial score (nSPS) is 13.8. The van der Waals surface area contributed by atoms with Crippen molar-refractivity contribution in [1.29, 1.82) is 0 Å². The first-order valence-corrected chi connectivity index (χ1v) is 6.36. The molecule has 0 fully saturated rings. The van der Waals surface area contributed by atoms with Crippen molar-refractivity contribution in [1.82, 2.24) is 0 Å². The average Bonchev–Trinajstić information content (AvgIpc) is 2.35. The number of thioether (sulfide) groups is 1. The lowest BCUT2D eigenvalue weighted by Gasteiger charge is -2.07. The Hall–Kier alpha value is -1.16. The lowest BCUT2D eigenvalue weighted by atomic mass is 10.2. The molecule has 0 aliphatic heterocycles. The van der Waals surface area contributed by atoms with Gasteiger partial charge >= 0.3 is 0 Å². The summed E-state index contributed by atoms with van der Waals surface area (Å²) in [7, 11) is 0. The second-order valence-corrected chi connectivity index (χ2v) is 4.93. The number of nitrogens with zero attached hydrogens (tertiary/aromatic N) is 1. The molecule has 0 bridgehead atoms. The van der Waals surface area contributed by atoms with Crippen molar-refractivity contribution in [2.45, 2.75) is 25.2 Å². The summed E-state index contributed by atoms with van der Waals surface area (Å²) < 4.78 is 0. The van der Waals surface area contributed by atoms with Crippen molar-refractivity contribution >= 4 is 17.6 Å². The fraction of sp³-hybridized carbons (Fsp3) is 0.417. The molecule has 1 aromatic carbocycles. The van der Waals surface area contributed by atoms with Gasteiger partial charge < -0.3 is 10.9 Å². The first kappa shape index (κ1) is 12.9. The molecule has 0 heterocycles. The molecular weight excluding hydrogens is 220 g/mol. The molecule has 0 aliphatic carbocycles. The van der Waals surface area contributed by atoms with Crippen LogP contribution in [0.4, 0.5) is 0 Å². The van der Waals surface area contributed by atoms with E-state index in [1.54, 1.807) is 0 Å². The molecule has 0 radical (unpaired) electrons. The zero-order valence-electron chi connectivity index (χ0n) is 9.68. The molecule has 3 nitrogen and oxygen atoms in total. The number of benzene rings is 1. The third-order valence-electron chi connectivity index (χ3n) is 2.49. The minimum absolute atomic E-state index is 0.151. The highest BCUT2D eigenvalue weighted by Crippen LogP contribution is 2.22. The van der Waals surface area contributed by atoms with Gasteiger partial charge in [-0.05, 0) is 18.1 Å². The van der Waals surface area contributed by atoms with Crippen molar-refractivity contribution in [3.05, 3.63) is 29.8 Å². The van der Waals surface area contributed by atoms with Gasteiger partial charge in [0.2, 0.25) is 0 Å². The van der Waals surface area contributed by atoms with E-state index in [-0.39, 0.29) is 5.84 Å². The SMILES string of the molecule is CCC(C)CSc1ccc(/C(N)=N/O)cc1. The Labute approximate surface area is 101 Å². The van der Waals surface area contributed by atoms with Gasteiger partial charge in [0.05, 0.1) is 0 Å². The van der Waals surface area contributed by atoms with E-state index in [2.05, 4.69) is 19.0 Å². The Morgan fingerprint density at radius 2 is 2.06 bits per heavy atom. The number of hydrogen-bond acceptors (Lipinski definition) is 3. The lowest BCUT2D eigenvalue weighted by Crippen LogP contribution is -2.12. The number of amidine groups is 1. The van der Waals surface area contributed by atoms with E-state index < -0.39 is 0 Å². The summed E-state index contributed by atoms with van der Waals surface area (Å²) in [6.07, 6.45) is 1.20. The van der Waals surface area contributed by atoms with Crippen LogP contribution in [0.2, 0.25) is 0 Å². The van der Waals surface area contributed by atoms with Crippen LogP contribution in [-0.2, 0) is 0 Å². The van der Waals surface area contributed by atoms with Gasteiger partial charge in [-0.3, -0.25) is 0 Å². The molecule has 0 saturated carbocycles. The third-order valence-corrected chi connectivity index (χ3v) is 3.83. The monoisotopic (exact) mass is 238 g/mol. The smallest absolute Gasteiger partial charge is 0.170 e. The Bertz CT molecular complexity index is 349. The molecule has 4 heteroatoms. The Morgan fingerprint density at radius 1 is 1.44 bits per heavy atom. The van der Waals surface area contributed by atoms with Crippen LogP contribution < -0.4 is 5.73 Å². The van der Waals surface area contributed by atoms with Crippen molar-refractivity contribution in [3.8, 4) is 0 Å². The molecule has 1 aromatic rings. The van der Waals surface area contributed by atoms with Gasteiger partial charge in [0, 0.05) is 16.2 Å². The second-order valence-electron chi connectivity index (χ2n) is 3.83. The molecule has 0 amide bonds. The van der Waals surface area contributed by atoms with Gasteiger partial charge in [-0.15, -0.1) is 11.8 Å². The molecule has 0 aromatic heterocycles. The number of oxime groups is 1. The molecule has 0 spiro atoms. The van der Waals surface area contributed by atoms with Crippen LogP contribution in [-0.4, -0.2) is 16.8 Å². The van der Waals surface area contributed by atoms with Crippen molar-refractivity contribution in [2.75, 3.05) is 5.75 Å². The summed E-state index contributed by atoms with van der Waals surface area (Å²) in [4.78, 5) is 1.22. The molecule has 0 aliphatic rings. The predicted octanol–water partition coefficient (Wildman–Crippen LogP) is 2.92. The van der Waals surface area contributed by atoms with Crippen molar-refractivity contribution in [3.63, 3.8) is 0 Å². The van der Waals surface area contributed by atoms with Crippen LogP contribution in [0.3, 0.4) is 0 Å². The van der Waals surface area contributed by atoms with Crippen molar-refractivity contribution < 1.29 is 5.21 Å². The summed E-state index contributed by atoms with van der Waals surface area (Å²) >= 11 is 1.84. The van der Waals surface area contributed by atoms with Crippen molar-refractivity contribution in [2.24, 2.45) is 16.8 Å². The minimum atomic E-state index is 0.151. The second kappa shape index (κ2) is 6.43. The van der Waals surface area contributed by atoms with Crippen LogP contribution in [0.1, 0.15) is 25.8 Å². The Kier molecular flexibility index (Phi) is 5.19. The number of hydrogen-bond donors (Lipinski definition) is 2. The van der Waals surface area contributed by atoms with Crippen LogP contribution in [0.5, 0.6) is 0 Å². The largest absolute Gasteiger partial charge is 0.409 e. The maximum absolute atomic E-state index is 8.52. The molecule has 16 heavy (non-hydrogen) atoms. The standard InChI is InChI=1S/C12H18N2OS/c1-3-9(2)8-16-11-6-4-10(5-7-11)12(13)14-15/h4-7,9,15H,3,8H2,1-2H3,(H2,13,14). The quantitative estimate of drug-likeness (QED) is 0.273. The summed E-state index contributed by atoms with van der Waals surface area (Å²) in [6, 6.07) is 7.74. The zero-order valence-corrected chi connectivity index (χ0v) is 10.5. The zero-order chi connectivity index (χ0) is 12.0. The van der Waals surface area contributed by atoms with Gasteiger partial charge in [-0.1, -0.05) is 37.6 Å². The first-order valence-electron chi connectivity index (χ1n) is 5.38. The van der Waals surface area contributed by atoms with Gasteiger partial charge in [-0.2, -0.15) is 0 Å². The van der Waals surface area contributed by atoms with E-state index in [1.807, 2.05) is 36.0 Å². The molecular formula is C12H18N2OS. The van der Waals surface area contributed by atoms with Crippen LogP contribution >= 0.6 is 11.8 Å².